The molecule has 110 valence electrons. The molecule has 0 fully saturated rings. The van der Waals surface area contributed by atoms with Gasteiger partial charge < -0.3 is 10.2 Å². The maximum Gasteiger partial charge on any atom is 0.243 e. The van der Waals surface area contributed by atoms with Crippen LogP contribution in [0, 0.1) is 0 Å². The van der Waals surface area contributed by atoms with Crippen molar-refractivity contribution in [3.8, 4) is 0 Å². The van der Waals surface area contributed by atoms with E-state index in [1.807, 2.05) is 26.5 Å². The van der Waals surface area contributed by atoms with Crippen LogP contribution in [0.1, 0.15) is 11.3 Å². The van der Waals surface area contributed by atoms with Gasteiger partial charge >= 0.3 is 0 Å². The lowest BCUT2D eigenvalue weighted by atomic mass is 10.4. The smallest absolute Gasteiger partial charge is 0.243 e. The molecule has 0 radical (unpaired) electrons. The van der Waals surface area contributed by atoms with Gasteiger partial charge in [0, 0.05) is 25.0 Å². The summed E-state index contributed by atoms with van der Waals surface area (Å²) < 4.78 is 26.4. The summed E-state index contributed by atoms with van der Waals surface area (Å²) in [6.07, 6.45) is 0.828. The van der Waals surface area contributed by atoms with E-state index >= 15 is 0 Å². The Labute approximate surface area is 120 Å². The van der Waals surface area contributed by atoms with Gasteiger partial charge in [-0.05, 0) is 45.6 Å². The zero-order valence-electron chi connectivity index (χ0n) is 12.0. The van der Waals surface area contributed by atoms with Crippen LogP contribution in [0.4, 0.5) is 0 Å². The topological polar surface area (TPSA) is 52.7 Å². The first kappa shape index (κ1) is 16.6. The highest BCUT2D eigenvalue weighted by Crippen LogP contribution is 2.24. The standard InChI is InChI=1S/C12H23N3O2S2/c1-13-10-11-12(6-9-18-11)19(16,17)15(4)8-5-7-14(2)3/h6,9,13H,5,7-8,10H2,1-4H3. The lowest BCUT2D eigenvalue weighted by Gasteiger charge is -2.18. The molecule has 7 heteroatoms. The summed E-state index contributed by atoms with van der Waals surface area (Å²) in [5.74, 6) is 0. The first-order valence-corrected chi connectivity index (χ1v) is 8.53. The molecule has 0 amide bonds. The van der Waals surface area contributed by atoms with Gasteiger partial charge in [0.1, 0.15) is 0 Å². The molecule has 0 aliphatic carbocycles. The molecule has 0 spiro atoms. The van der Waals surface area contributed by atoms with E-state index in [0.717, 1.165) is 17.8 Å². The van der Waals surface area contributed by atoms with E-state index in [4.69, 9.17) is 0 Å². The van der Waals surface area contributed by atoms with E-state index in [0.29, 0.717) is 18.0 Å². The van der Waals surface area contributed by atoms with Crippen molar-refractivity contribution in [1.29, 1.82) is 0 Å². The molecule has 0 aliphatic heterocycles. The van der Waals surface area contributed by atoms with Gasteiger partial charge in [-0.15, -0.1) is 11.3 Å². The summed E-state index contributed by atoms with van der Waals surface area (Å²) in [6.45, 7) is 2.00. The second-order valence-electron chi connectivity index (χ2n) is 4.72. The zero-order chi connectivity index (χ0) is 14.5. The highest BCUT2D eigenvalue weighted by Gasteiger charge is 2.24. The molecule has 5 nitrogen and oxygen atoms in total. The molecule has 0 saturated heterocycles. The summed E-state index contributed by atoms with van der Waals surface area (Å²) in [4.78, 5) is 3.35. The van der Waals surface area contributed by atoms with Crippen LogP contribution < -0.4 is 5.32 Å². The van der Waals surface area contributed by atoms with Gasteiger partial charge in [-0.25, -0.2) is 12.7 Å². The second-order valence-corrected chi connectivity index (χ2v) is 7.74. The molecular weight excluding hydrogens is 282 g/mol. The lowest BCUT2D eigenvalue weighted by molar-refractivity contribution is 0.370. The van der Waals surface area contributed by atoms with Crippen LogP contribution in [-0.4, -0.2) is 58.9 Å². The third kappa shape index (κ3) is 4.54. The highest BCUT2D eigenvalue weighted by atomic mass is 32.2. The molecule has 1 aromatic rings. The van der Waals surface area contributed by atoms with Crippen LogP contribution in [0.5, 0.6) is 0 Å². The molecule has 1 aromatic heterocycles. The van der Waals surface area contributed by atoms with Crippen LogP contribution in [0.2, 0.25) is 0 Å². The molecule has 0 saturated carbocycles. The third-order valence-electron chi connectivity index (χ3n) is 2.81. The van der Waals surface area contributed by atoms with Crippen LogP contribution in [0.25, 0.3) is 0 Å². The van der Waals surface area contributed by atoms with Crippen LogP contribution in [-0.2, 0) is 16.6 Å². The van der Waals surface area contributed by atoms with Crippen molar-refractivity contribution in [2.24, 2.45) is 0 Å². The summed E-state index contributed by atoms with van der Waals surface area (Å²) in [7, 11) is 4.07. The maximum atomic E-state index is 12.5. The van der Waals surface area contributed by atoms with Crippen molar-refractivity contribution in [3.05, 3.63) is 16.3 Å². The Morgan fingerprint density at radius 3 is 2.53 bits per heavy atom. The Kier molecular flexibility index (Phi) is 6.41. The average molecular weight is 305 g/mol. The van der Waals surface area contributed by atoms with Crippen LogP contribution in [0.15, 0.2) is 16.3 Å². The number of rotatable bonds is 8. The quantitative estimate of drug-likeness (QED) is 0.780. The van der Waals surface area contributed by atoms with Crippen molar-refractivity contribution in [2.45, 2.75) is 17.9 Å². The predicted octanol–water partition coefficient (Wildman–Crippen LogP) is 1.04. The van der Waals surface area contributed by atoms with Gasteiger partial charge in [0.25, 0.3) is 0 Å². The molecule has 0 bridgehead atoms. The predicted molar refractivity (Wildman–Crippen MR) is 80.1 cm³/mol. The third-order valence-corrected chi connectivity index (χ3v) is 5.80. The molecule has 0 aliphatic rings. The Bertz CT molecular complexity index is 483. The van der Waals surface area contributed by atoms with Gasteiger partial charge in [0.2, 0.25) is 10.0 Å². The normalized spacial score (nSPS) is 12.5. The van der Waals surface area contributed by atoms with E-state index in [1.54, 1.807) is 13.1 Å². The van der Waals surface area contributed by atoms with Crippen LogP contribution >= 0.6 is 11.3 Å². The van der Waals surface area contributed by atoms with Gasteiger partial charge in [-0.3, -0.25) is 0 Å². The largest absolute Gasteiger partial charge is 0.315 e. The van der Waals surface area contributed by atoms with E-state index in [1.165, 1.54) is 15.6 Å². The molecule has 1 heterocycles. The number of hydrogen-bond donors (Lipinski definition) is 1. The molecule has 1 rings (SSSR count). The van der Waals surface area contributed by atoms with E-state index in [2.05, 4.69) is 10.2 Å². The summed E-state index contributed by atoms with van der Waals surface area (Å²) in [6, 6.07) is 1.69. The Morgan fingerprint density at radius 1 is 1.26 bits per heavy atom. The van der Waals surface area contributed by atoms with Gasteiger partial charge in [0.05, 0.1) is 4.90 Å². The number of thiophene rings is 1. The minimum Gasteiger partial charge on any atom is -0.315 e. The van der Waals surface area contributed by atoms with E-state index in [-0.39, 0.29) is 0 Å². The molecule has 0 unspecified atom stereocenters. The van der Waals surface area contributed by atoms with Crippen LogP contribution in [0.3, 0.4) is 0 Å². The minimum atomic E-state index is -3.36. The van der Waals surface area contributed by atoms with E-state index in [9.17, 15) is 8.42 Å². The van der Waals surface area contributed by atoms with Gasteiger partial charge in [0.15, 0.2) is 0 Å². The molecule has 0 aromatic carbocycles. The number of sulfonamides is 1. The first-order chi connectivity index (χ1) is 8.89. The Hall–Kier alpha value is -0.470. The fraction of sp³-hybridized carbons (Fsp3) is 0.667. The van der Waals surface area contributed by atoms with Gasteiger partial charge in [-0.2, -0.15) is 0 Å². The molecule has 0 atom stereocenters. The first-order valence-electron chi connectivity index (χ1n) is 6.21. The summed E-state index contributed by atoms with van der Waals surface area (Å²) in [5.41, 5.74) is 0. The summed E-state index contributed by atoms with van der Waals surface area (Å²) in [5, 5.41) is 4.83. The number of nitrogens with one attached hydrogen (secondary N) is 1. The molecular formula is C12H23N3O2S2. The fourth-order valence-electron chi connectivity index (χ4n) is 1.75. The molecule has 19 heavy (non-hydrogen) atoms. The lowest BCUT2D eigenvalue weighted by Crippen LogP contribution is -2.30. The zero-order valence-corrected chi connectivity index (χ0v) is 13.6. The monoisotopic (exact) mass is 305 g/mol. The van der Waals surface area contributed by atoms with Gasteiger partial charge in [-0.1, -0.05) is 0 Å². The maximum absolute atomic E-state index is 12.5. The van der Waals surface area contributed by atoms with Crippen molar-refractivity contribution < 1.29 is 8.42 Å². The second kappa shape index (κ2) is 7.35. The van der Waals surface area contributed by atoms with E-state index < -0.39 is 10.0 Å². The molecule has 1 N–H and O–H groups in total. The Balaban J connectivity index is 2.76. The van der Waals surface area contributed by atoms with Crippen molar-refractivity contribution >= 4 is 21.4 Å². The van der Waals surface area contributed by atoms with Crippen molar-refractivity contribution in [1.82, 2.24) is 14.5 Å². The summed E-state index contributed by atoms with van der Waals surface area (Å²) >= 11 is 1.47. The minimum absolute atomic E-state index is 0.430. The average Bonchev–Trinajstić information content (AvgIpc) is 2.77. The Morgan fingerprint density at radius 2 is 1.95 bits per heavy atom. The van der Waals surface area contributed by atoms with Crippen molar-refractivity contribution in [3.63, 3.8) is 0 Å². The highest BCUT2D eigenvalue weighted by molar-refractivity contribution is 7.89. The number of nitrogens with zero attached hydrogens (tertiary/aromatic N) is 2. The van der Waals surface area contributed by atoms with Crippen molar-refractivity contribution in [2.75, 3.05) is 41.3 Å². The SMILES string of the molecule is CNCc1sccc1S(=O)(=O)N(C)CCCN(C)C. The number of hydrogen-bond acceptors (Lipinski definition) is 5. The fourth-order valence-corrected chi connectivity index (χ4v) is 4.38.